The Morgan fingerprint density at radius 2 is 2.25 bits per heavy atom. The van der Waals surface area contributed by atoms with Crippen molar-refractivity contribution in [2.75, 3.05) is 7.11 Å². The number of hydrogen-bond acceptors (Lipinski definition) is 5. The number of nitrogens with zero attached hydrogens (tertiary/aromatic N) is 2. The molecule has 0 atom stereocenters. The molecule has 3 N–H and O–H groups in total. The van der Waals surface area contributed by atoms with E-state index in [9.17, 15) is 9.59 Å². The highest BCUT2D eigenvalue weighted by molar-refractivity contribution is 6.02. The Kier molecular flexibility index (Phi) is 3.94. The standard InChI is InChI=1S/C12H12N4O4/c1-20-8-4-7(2-3-13-8)5-14-11(17)9-10(12(18)19)16-6-15-9/h2-4,6H,5H2,1H3,(H,14,17)(H,15,16)(H,18,19). The maximum absolute atomic E-state index is 11.9. The van der Waals surface area contributed by atoms with E-state index in [0.29, 0.717) is 5.88 Å². The second-order valence-corrected chi connectivity index (χ2v) is 3.82. The number of methoxy groups -OCH3 is 1. The molecule has 0 radical (unpaired) electrons. The van der Waals surface area contributed by atoms with Crippen molar-refractivity contribution in [2.24, 2.45) is 0 Å². The average molecular weight is 276 g/mol. The third-order valence-electron chi connectivity index (χ3n) is 2.53. The number of carboxylic acid groups (broad SMARTS) is 1. The highest BCUT2D eigenvalue weighted by atomic mass is 16.5. The predicted octanol–water partition coefficient (Wildman–Crippen LogP) is 0.441. The number of aromatic nitrogens is 3. The average Bonchev–Trinajstić information content (AvgIpc) is 2.94. The number of hydrogen-bond donors (Lipinski definition) is 3. The van der Waals surface area contributed by atoms with E-state index in [1.807, 2.05) is 0 Å². The molecule has 0 saturated carbocycles. The summed E-state index contributed by atoms with van der Waals surface area (Å²) >= 11 is 0. The summed E-state index contributed by atoms with van der Waals surface area (Å²) in [7, 11) is 1.49. The minimum absolute atomic E-state index is 0.154. The quantitative estimate of drug-likeness (QED) is 0.729. The lowest BCUT2D eigenvalue weighted by Crippen LogP contribution is -2.25. The lowest BCUT2D eigenvalue weighted by Gasteiger charge is -2.05. The van der Waals surface area contributed by atoms with Crippen LogP contribution in [0.5, 0.6) is 5.88 Å². The summed E-state index contributed by atoms with van der Waals surface area (Å²) < 4.78 is 4.97. The molecule has 0 aliphatic heterocycles. The van der Waals surface area contributed by atoms with E-state index in [4.69, 9.17) is 9.84 Å². The van der Waals surface area contributed by atoms with Crippen LogP contribution in [-0.4, -0.2) is 39.0 Å². The van der Waals surface area contributed by atoms with E-state index in [0.717, 1.165) is 11.9 Å². The summed E-state index contributed by atoms with van der Waals surface area (Å²) in [6.45, 7) is 0.212. The van der Waals surface area contributed by atoms with Gasteiger partial charge in [0.05, 0.1) is 13.4 Å². The van der Waals surface area contributed by atoms with Crippen LogP contribution < -0.4 is 10.1 Å². The van der Waals surface area contributed by atoms with Crippen LogP contribution in [0.4, 0.5) is 0 Å². The molecule has 8 nitrogen and oxygen atoms in total. The van der Waals surface area contributed by atoms with Gasteiger partial charge in [-0.25, -0.2) is 14.8 Å². The number of rotatable bonds is 5. The van der Waals surface area contributed by atoms with Crippen molar-refractivity contribution in [3.05, 3.63) is 41.6 Å². The molecular formula is C12H12N4O4. The molecule has 2 rings (SSSR count). The summed E-state index contributed by atoms with van der Waals surface area (Å²) in [4.78, 5) is 32.8. The van der Waals surface area contributed by atoms with Crippen LogP contribution in [0.15, 0.2) is 24.7 Å². The Morgan fingerprint density at radius 1 is 1.45 bits per heavy atom. The molecule has 0 aromatic carbocycles. The largest absolute Gasteiger partial charge is 0.481 e. The normalized spacial score (nSPS) is 10.1. The van der Waals surface area contributed by atoms with Crippen molar-refractivity contribution in [3.63, 3.8) is 0 Å². The van der Waals surface area contributed by atoms with E-state index in [1.54, 1.807) is 18.3 Å². The molecule has 2 aromatic rings. The summed E-state index contributed by atoms with van der Waals surface area (Å²) in [6, 6.07) is 3.38. The fourth-order valence-corrected chi connectivity index (χ4v) is 1.57. The summed E-state index contributed by atoms with van der Waals surface area (Å²) in [5.74, 6) is -1.37. The number of carboxylic acids is 1. The molecule has 0 aliphatic carbocycles. The van der Waals surface area contributed by atoms with Crippen LogP contribution in [0.1, 0.15) is 26.5 Å². The Hall–Kier alpha value is -2.90. The minimum atomic E-state index is -1.24. The van der Waals surface area contributed by atoms with Crippen molar-refractivity contribution >= 4 is 11.9 Å². The number of ether oxygens (including phenoxy) is 1. The minimum Gasteiger partial charge on any atom is -0.481 e. The smallest absolute Gasteiger partial charge is 0.354 e. The Morgan fingerprint density at radius 3 is 2.95 bits per heavy atom. The summed E-state index contributed by atoms with van der Waals surface area (Å²) in [5, 5.41) is 11.5. The second kappa shape index (κ2) is 5.83. The Bertz CT molecular complexity index is 638. The lowest BCUT2D eigenvalue weighted by molar-refractivity contribution is 0.0685. The van der Waals surface area contributed by atoms with Crippen molar-refractivity contribution < 1.29 is 19.4 Å². The zero-order valence-corrected chi connectivity index (χ0v) is 10.6. The molecule has 0 saturated heterocycles. The fourth-order valence-electron chi connectivity index (χ4n) is 1.57. The van der Waals surface area contributed by atoms with Gasteiger partial charge in [-0.2, -0.15) is 0 Å². The molecule has 1 amide bonds. The molecule has 2 aromatic heterocycles. The zero-order chi connectivity index (χ0) is 14.5. The van der Waals surface area contributed by atoms with Gasteiger partial charge in [-0.1, -0.05) is 0 Å². The number of carbonyl (C=O) groups is 2. The lowest BCUT2D eigenvalue weighted by atomic mass is 10.2. The van der Waals surface area contributed by atoms with Gasteiger partial charge in [-0.15, -0.1) is 0 Å². The molecule has 20 heavy (non-hydrogen) atoms. The predicted molar refractivity (Wildman–Crippen MR) is 67.5 cm³/mol. The third-order valence-corrected chi connectivity index (χ3v) is 2.53. The van der Waals surface area contributed by atoms with E-state index in [-0.39, 0.29) is 17.9 Å². The van der Waals surface area contributed by atoms with Gasteiger partial charge in [-0.3, -0.25) is 4.79 Å². The monoisotopic (exact) mass is 276 g/mol. The Labute approximate surface area is 113 Å². The maximum atomic E-state index is 11.9. The second-order valence-electron chi connectivity index (χ2n) is 3.82. The number of pyridine rings is 1. The number of carbonyl (C=O) groups excluding carboxylic acids is 1. The highest BCUT2D eigenvalue weighted by Gasteiger charge is 2.19. The maximum Gasteiger partial charge on any atom is 0.354 e. The van der Waals surface area contributed by atoms with E-state index >= 15 is 0 Å². The van der Waals surface area contributed by atoms with Crippen LogP contribution >= 0.6 is 0 Å². The SMILES string of the molecule is COc1cc(CNC(=O)c2nc[nH]c2C(=O)O)ccn1. The van der Waals surface area contributed by atoms with Gasteiger partial charge >= 0.3 is 5.97 Å². The summed E-state index contributed by atoms with van der Waals surface area (Å²) in [5.41, 5.74) is 0.381. The Balaban J connectivity index is 2.05. The van der Waals surface area contributed by atoms with Gasteiger partial charge in [0.15, 0.2) is 11.4 Å². The molecule has 0 unspecified atom stereocenters. The van der Waals surface area contributed by atoms with Crippen LogP contribution in [0.2, 0.25) is 0 Å². The van der Waals surface area contributed by atoms with Crippen molar-refractivity contribution in [3.8, 4) is 5.88 Å². The molecule has 0 fully saturated rings. The summed E-state index contributed by atoms with van der Waals surface area (Å²) in [6.07, 6.45) is 2.71. The third kappa shape index (κ3) is 2.91. The van der Waals surface area contributed by atoms with Crippen molar-refractivity contribution in [2.45, 2.75) is 6.54 Å². The first-order chi connectivity index (χ1) is 9.61. The van der Waals surface area contributed by atoms with Gasteiger partial charge in [0.25, 0.3) is 5.91 Å². The molecule has 104 valence electrons. The first-order valence-corrected chi connectivity index (χ1v) is 5.65. The number of aromatic amines is 1. The number of nitrogens with one attached hydrogen (secondary N) is 2. The van der Waals surface area contributed by atoms with Gasteiger partial charge in [0, 0.05) is 18.8 Å². The number of imidazole rings is 1. The van der Waals surface area contributed by atoms with Crippen molar-refractivity contribution in [1.82, 2.24) is 20.3 Å². The van der Waals surface area contributed by atoms with Crippen LogP contribution in [0.3, 0.4) is 0 Å². The molecule has 0 spiro atoms. The first-order valence-electron chi connectivity index (χ1n) is 5.65. The molecular weight excluding hydrogens is 264 g/mol. The number of amides is 1. The zero-order valence-electron chi connectivity index (χ0n) is 10.6. The molecule has 0 bridgehead atoms. The van der Waals surface area contributed by atoms with Gasteiger partial charge in [0.1, 0.15) is 0 Å². The van der Waals surface area contributed by atoms with Crippen LogP contribution in [0, 0.1) is 0 Å². The van der Waals surface area contributed by atoms with E-state index in [1.165, 1.54) is 7.11 Å². The highest BCUT2D eigenvalue weighted by Crippen LogP contribution is 2.09. The topological polar surface area (TPSA) is 117 Å². The van der Waals surface area contributed by atoms with Gasteiger partial charge in [0.2, 0.25) is 5.88 Å². The number of H-pyrrole nitrogens is 1. The fraction of sp³-hybridized carbons (Fsp3) is 0.167. The number of aromatic carboxylic acids is 1. The van der Waals surface area contributed by atoms with E-state index < -0.39 is 11.9 Å². The van der Waals surface area contributed by atoms with E-state index in [2.05, 4.69) is 20.3 Å². The molecule has 2 heterocycles. The van der Waals surface area contributed by atoms with Crippen LogP contribution in [0.25, 0.3) is 0 Å². The molecule has 0 aliphatic rings. The van der Waals surface area contributed by atoms with Gasteiger partial charge < -0.3 is 20.1 Å². The van der Waals surface area contributed by atoms with Gasteiger partial charge in [-0.05, 0) is 11.6 Å². The molecule has 8 heteroatoms. The van der Waals surface area contributed by atoms with Crippen LogP contribution in [-0.2, 0) is 6.54 Å². The first kappa shape index (κ1) is 13.5. The van der Waals surface area contributed by atoms with Crippen molar-refractivity contribution in [1.29, 1.82) is 0 Å².